The van der Waals surface area contributed by atoms with Crippen LogP contribution in [0.1, 0.15) is 12.5 Å². The Labute approximate surface area is 104 Å². The van der Waals surface area contributed by atoms with E-state index in [0.717, 1.165) is 0 Å². The van der Waals surface area contributed by atoms with Gasteiger partial charge in [0.05, 0.1) is 7.11 Å². The van der Waals surface area contributed by atoms with Gasteiger partial charge >= 0.3 is 6.18 Å². The molecule has 0 spiro atoms. The second kappa shape index (κ2) is 5.95. The number of para-hydroxylation sites is 1. The highest BCUT2D eigenvalue weighted by Gasteiger charge is 2.29. The molecule has 6 heteroatoms. The first-order valence-electron chi connectivity index (χ1n) is 5.44. The van der Waals surface area contributed by atoms with E-state index in [4.69, 9.17) is 15.2 Å². The fraction of sp³-hybridized carbons (Fsp3) is 0.500. The molecule has 18 heavy (non-hydrogen) atoms. The van der Waals surface area contributed by atoms with E-state index >= 15 is 0 Å². The molecule has 1 aromatic rings. The van der Waals surface area contributed by atoms with Crippen LogP contribution in [0.25, 0.3) is 0 Å². The molecule has 3 nitrogen and oxygen atoms in total. The summed E-state index contributed by atoms with van der Waals surface area (Å²) in [6.07, 6.45) is -3.96. The van der Waals surface area contributed by atoms with Crippen LogP contribution in [0.2, 0.25) is 0 Å². The molecule has 1 aromatic carbocycles. The molecular weight excluding hydrogens is 247 g/mol. The highest BCUT2D eigenvalue weighted by Crippen LogP contribution is 2.33. The highest BCUT2D eigenvalue weighted by molar-refractivity contribution is 5.47. The van der Waals surface area contributed by atoms with E-state index in [2.05, 4.69) is 0 Å². The van der Waals surface area contributed by atoms with Gasteiger partial charge in [-0.15, -0.1) is 0 Å². The number of methoxy groups -OCH3 is 1. The standard InChI is InChI=1S/C12H16F3NO2/c1-8(16)6-9-4-3-5-10(17-2)11(9)18-7-12(13,14)15/h3-5,8H,6-7,16H2,1-2H3. The van der Waals surface area contributed by atoms with Crippen molar-refractivity contribution in [2.45, 2.75) is 25.6 Å². The van der Waals surface area contributed by atoms with Crippen LogP contribution >= 0.6 is 0 Å². The SMILES string of the molecule is COc1cccc(CC(C)N)c1OCC(F)(F)F. The van der Waals surface area contributed by atoms with Gasteiger partial charge in [-0.2, -0.15) is 13.2 Å². The van der Waals surface area contributed by atoms with Crippen molar-refractivity contribution in [3.8, 4) is 11.5 Å². The van der Waals surface area contributed by atoms with Gasteiger partial charge in [0.1, 0.15) is 0 Å². The van der Waals surface area contributed by atoms with Crippen molar-refractivity contribution in [1.29, 1.82) is 0 Å². The Bertz CT molecular complexity index is 391. The number of halogens is 3. The fourth-order valence-electron chi connectivity index (χ4n) is 1.55. The smallest absolute Gasteiger partial charge is 0.422 e. The largest absolute Gasteiger partial charge is 0.493 e. The van der Waals surface area contributed by atoms with Crippen molar-refractivity contribution < 1.29 is 22.6 Å². The number of hydrogen-bond donors (Lipinski definition) is 1. The summed E-state index contributed by atoms with van der Waals surface area (Å²) in [4.78, 5) is 0. The lowest BCUT2D eigenvalue weighted by atomic mass is 10.1. The van der Waals surface area contributed by atoms with Crippen LogP contribution < -0.4 is 15.2 Å². The summed E-state index contributed by atoms with van der Waals surface area (Å²) in [5, 5.41) is 0. The molecule has 0 fully saturated rings. The van der Waals surface area contributed by atoms with Crippen LogP contribution in [0.3, 0.4) is 0 Å². The maximum atomic E-state index is 12.2. The molecular formula is C12H16F3NO2. The maximum absolute atomic E-state index is 12.2. The van der Waals surface area contributed by atoms with Crippen molar-refractivity contribution >= 4 is 0 Å². The summed E-state index contributed by atoms with van der Waals surface area (Å²) < 4.78 is 46.4. The van der Waals surface area contributed by atoms with Crippen LogP contribution in [0, 0.1) is 0 Å². The Morgan fingerprint density at radius 1 is 1.33 bits per heavy atom. The van der Waals surface area contributed by atoms with Gasteiger partial charge in [0.2, 0.25) is 0 Å². The molecule has 1 rings (SSSR count). The van der Waals surface area contributed by atoms with Crippen molar-refractivity contribution in [3.63, 3.8) is 0 Å². The first kappa shape index (κ1) is 14.6. The van der Waals surface area contributed by atoms with Gasteiger partial charge in [-0.3, -0.25) is 0 Å². The summed E-state index contributed by atoms with van der Waals surface area (Å²) in [5.74, 6) is 0.382. The fourth-order valence-corrected chi connectivity index (χ4v) is 1.55. The van der Waals surface area contributed by atoms with Crippen LogP contribution in [0.5, 0.6) is 11.5 Å². The predicted octanol–water partition coefficient (Wildman–Crippen LogP) is 2.53. The van der Waals surface area contributed by atoms with Crippen molar-refractivity contribution in [1.82, 2.24) is 0 Å². The van der Waals surface area contributed by atoms with Crippen LogP contribution in [0.4, 0.5) is 13.2 Å². The molecule has 0 aliphatic carbocycles. The van der Waals surface area contributed by atoms with E-state index in [1.165, 1.54) is 7.11 Å². The van der Waals surface area contributed by atoms with E-state index in [1.54, 1.807) is 25.1 Å². The Balaban J connectivity index is 2.96. The third-order valence-electron chi connectivity index (χ3n) is 2.20. The summed E-state index contributed by atoms with van der Waals surface area (Å²) in [7, 11) is 1.38. The lowest BCUT2D eigenvalue weighted by molar-refractivity contribution is -0.153. The minimum absolute atomic E-state index is 0.106. The van der Waals surface area contributed by atoms with Gasteiger partial charge in [-0.05, 0) is 25.0 Å². The third-order valence-corrected chi connectivity index (χ3v) is 2.20. The first-order valence-corrected chi connectivity index (χ1v) is 5.44. The van der Waals surface area contributed by atoms with Gasteiger partial charge in [0.15, 0.2) is 18.1 Å². The minimum Gasteiger partial charge on any atom is -0.493 e. The quantitative estimate of drug-likeness (QED) is 0.887. The van der Waals surface area contributed by atoms with Crippen LogP contribution in [-0.2, 0) is 6.42 Å². The summed E-state index contributed by atoms with van der Waals surface area (Å²) in [6, 6.07) is 4.75. The zero-order chi connectivity index (χ0) is 13.8. The zero-order valence-electron chi connectivity index (χ0n) is 10.3. The molecule has 0 bridgehead atoms. The number of rotatable bonds is 5. The molecule has 0 radical (unpaired) electrons. The molecule has 0 heterocycles. The molecule has 1 atom stereocenters. The number of nitrogens with two attached hydrogens (primary N) is 1. The number of ether oxygens (including phenoxy) is 2. The summed E-state index contributed by atoms with van der Waals surface area (Å²) >= 11 is 0. The predicted molar refractivity (Wildman–Crippen MR) is 61.9 cm³/mol. The van der Waals surface area contributed by atoms with Crippen molar-refractivity contribution in [2.75, 3.05) is 13.7 Å². The lowest BCUT2D eigenvalue weighted by Gasteiger charge is -2.17. The van der Waals surface area contributed by atoms with E-state index in [-0.39, 0.29) is 17.5 Å². The molecule has 102 valence electrons. The zero-order valence-corrected chi connectivity index (χ0v) is 10.3. The van der Waals surface area contributed by atoms with E-state index in [9.17, 15) is 13.2 Å². The monoisotopic (exact) mass is 263 g/mol. The van der Waals surface area contributed by atoms with E-state index in [0.29, 0.717) is 12.0 Å². The average molecular weight is 263 g/mol. The van der Waals surface area contributed by atoms with Gasteiger partial charge < -0.3 is 15.2 Å². The Morgan fingerprint density at radius 2 is 2.00 bits per heavy atom. The molecule has 1 unspecified atom stereocenters. The molecule has 0 aliphatic rings. The average Bonchev–Trinajstić information content (AvgIpc) is 2.25. The Hall–Kier alpha value is -1.43. The molecule has 0 aromatic heterocycles. The Morgan fingerprint density at radius 3 is 2.50 bits per heavy atom. The van der Waals surface area contributed by atoms with Gasteiger partial charge in [0, 0.05) is 6.04 Å². The van der Waals surface area contributed by atoms with E-state index < -0.39 is 12.8 Å². The van der Waals surface area contributed by atoms with Crippen molar-refractivity contribution in [3.05, 3.63) is 23.8 Å². The van der Waals surface area contributed by atoms with Crippen LogP contribution in [-0.4, -0.2) is 25.9 Å². The maximum Gasteiger partial charge on any atom is 0.422 e. The molecule has 2 N–H and O–H groups in total. The van der Waals surface area contributed by atoms with Gasteiger partial charge in [-0.1, -0.05) is 12.1 Å². The summed E-state index contributed by atoms with van der Waals surface area (Å²) in [6.45, 7) is 0.423. The number of benzene rings is 1. The minimum atomic E-state index is -4.38. The lowest BCUT2D eigenvalue weighted by Crippen LogP contribution is -2.22. The molecule has 0 saturated carbocycles. The third kappa shape index (κ3) is 4.44. The highest BCUT2D eigenvalue weighted by atomic mass is 19.4. The van der Waals surface area contributed by atoms with Gasteiger partial charge in [-0.25, -0.2) is 0 Å². The number of alkyl halides is 3. The molecule has 0 amide bonds. The topological polar surface area (TPSA) is 44.5 Å². The van der Waals surface area contributed by atoms with E-state index in [1.807, 2.05) is 0 Å². The van der Waals surface area contributed by atoms with Crippen molar-refractivity contribution in [2.24, 2.45) is 5.73 Å². The summed E-state index contributed by atoms with van der Waals surface area (Å²) in [5.41, 5.74) is 6.25. The second-order valence-corrected chi connectivity index (χ2v) is 4.03. The second-order valence-electron chi connectivity index (χ2n) is 4.03. The normalized spacial score (nSPS) is 13.2. The Kier molecular flexibility index (Phi) is 4.84. The molecule has 0 aliphatic heterocycles. The first-order chi connectivity index (χ1) is 8.33. The van der Waals surface area contributed by atoms with Crippen LogP contribution in [0.15, 0.2) is 18.2 Å². The molecule has 0 saturated heterocycles. The number of hydrogen-bond acceptors (Lipinski definition) is 3. The van der Waals surface area contributed by atoms with Gasteiger partial charge in [0.25, 0.3) is 0 Å².